The Morgan fingerprint density at radius 1 is 1.33 bits per heavy atom. The Hall–Kier alpha value is -1.05. The molecular formula is C13H18O2. The molecule has 0 aromatic carbocycles. The van der Waals surface area contributed by atoms with E-state index >= 15 is 0 Å². The molecule has 0 radical (unpaired) electrons. The third-order valence-corrected chi connectivity index (χ3v) is 3.03. The molecule has 2 aliphatic carbocycles. The lowest BCUT2D eigenvalue weighted by molar-refractivity contribution is -0.118. The van der Waals surface area contributed by atoms with Gasteiger partial charge in [0.15, 0.2) is 5.78 Å². The van der Waals surface area contributed by atoms with Gasteiger partial charge in [0.2, 0.25) is 0 Å². The van der Waals surface area contributed by atoms with Crippen LogP contribution in [-0.2, 0) is 9.53 Å². The van der Waals surface area contributed by atoms with Gasteiger partial charge in [-0.2, -0.15) is 0 Å². The van der Waals surface area contributed by atoms with Gasteiger partial charge in [0.05, 0.1) is 6.61 Å². The van der Waals surface area contributed by atoms with E-state index in [1.807, 2.05) is 0 Å². The lowest BCUT2D eigenvalue weighted by atomic mass is 9.84. The minimum absolute atomic E-state index is 0.164. The molecule has 0 fully saturated rings. The van der Waals surface area contributed by atoms with Crippen LogP contribution in [0.25, 0.3) is 0 Å². The topological polar surface area (TPSA) is 26.3 Å². The molecule has 15 heavy (non-hydrogen) atoms. The van der Waals surface area contributed by atoms with Gasteiger partial charge in [-0.25, -0.2) is 0 Å². The van der Waals surface area contributed by atoms with Crippen LogP contribution < -0.4 is 0 Å². The Morgan fingerprint density at radius 2 is 2.00 bits per heavy atom. The van der Waals surface area contributed by atoms with Gasteiger partial charge in [-0.05, 0) is 18.8 Å². The molecule has 0 saturated heterocycles. The molecule has 2 aliphatic rings. The summed E-state index contributed by atoms with van der Waals surface area (Å²) in [6.45, 7) is 4.96. The number of hydrogen-bond acceptors (Lipinski definition) is 2. The molecule has 0 aliphatic heterocycles. The van der Waals surface area contributed by atoms with Gasteiger partial charge in [-0.15, -0.1) is 0 Å². The zero-order valence-electron chi connectivity index (χ0n) is 9.40. The van der Waals surface area contributed by atoms with E-state index in [-0.39, 0.29) is 11.7 Å². The van der Waals surface area contributed by atoms with Gasteiger partial charge < -0.3 is 4.74 Å². The van der Waals surface area contributed by atoms with Crippen LogP contribution in [0, 0.1) is 17.8 Å². The number of rotatable bonds is 3. The normalized spacial score (nSPS) is 29.3. The van der Waals surface area contributed by atoms with Crippen molar-refractivity contribution in [1.82, 2.24) is 0 Å². The number of allylic oxidation sites excluding steroid dienone is 4. The standard InChI is InChI=1S/C13H18O2/c1-9(2)8-15-13-7-12(14)10-5-3-4-6-11(10)13/h3-4,7,9-11H,5-6,8H2,1-2H3. The van der Waals surface area contributed by atoms with Crippen LogP contribution in [0.5, 0.6) is 0 Å². The fourth-order valence-electron chi connectivity index (χ4n) is 2.21. The fourth-order valence-corrected chi connectivity index (χ4v) is 2.21. The molecular weight excluding hydrogens is 188 g/mol. The summed E-state index contributed by atoms with van der Waals surface area (Å²) < 4.78 is 5.71. The summed E-state index contributed by atoms with van der Waals surface area (Å²) in [5.74, 6) is 2.17. The molecule has 2 heteroatoms. The van der Waals surface area contributed by atoms with Crippen molar-refractivity contribution < 1.29 is 9.53 Å². The molecule has 2 rings (SSSR count). The SMILES string of the molecule is CC(C)COC1=CC(=O)C2CC=CCC12. The Labute approximate surface area is 91.0 Å². The highest BCUT2D eigenvalue weighted by Crippen LogP contribution is 2.38. The first-order chi connectivity index (χ1) is 7.18. The number of hydrogen-bond donors (Lipinski definition) is 0. The summed E-state index contributed by atoms with van der Waals surface area (Å²) in [5.41, 5.74) is 0. The first-order valence-corrected chi connectivity index (χ1v) is 5.71. The highest BCUT2D eigenvalue weighted by Gasteiger charge is 2.37. The van der Waals surface area contributed by atoms with Gasteiger partial charge >= 0.3 is 0 Å². The largest absolute Gasteiger partial charge is 0.497 e. The van der Waals surface area contributed by atoms with E-state index in [9.17, 15) is 4.79 Å². The van der Waals surface area contributed by atoms with E-state index in [0.29, 0.717) is 18.4 Å². The van der Waals surface area contributed by atoms with E-state index in [1.54, 1.807) is 6.08 Å². The predicted octanol–water partition coefficient (Wildman–Crippen LogP) is 2.71. The van der Waals surface area contributed by atoms with E-state index in [0.717, 1.165) is 18.6 Å². The van der Waals surface area contributed by atoms with Crippen LogP contribution >= 0.6 is 0 Å². The van der Waals surface area contributed by atoms with E-state index < -0.39 is 0 Å². The summed E-state index contributed by atoms with van der Waals surface area (Å²) in [6, 6.07) is 0. The summed E-state index contributed by atoms with van der Waals surface area (Å²) in [6.07, 6.45) is 7.82. The predicted molar refractivity (Wildman–Crippen MR) is 59.2 cm³/mol. The first-order valence-electron chi connectivity index (χ1n) is 5.71. The molecule has 2 unspecified atom stereocenters. The van der Waals surface area contributed by atoms with Crippen molar-refractivity contribution in [3.8, 4) is 0 Å². The van der Waals surface area contributed by atoms with Crippen molar-refractivity contribution in [3.63, 3.8) is 0 Å². The van der Waals surface area contributed by atoms with Crippen LogP contribution in [0.4, 0.5) is 0 Å². The molecule has 82 valence electrons. The third kappa shape index (κ3) is 2.14. The first kappa shape index (κ1) is 10.5. The van der Waals surface area contributed by atoms with Crippen LogP contribution in [0.15, 0.2) is 24.0 Å². The number of carbonyl (C=O) groups excluding carboxylic acids is 1. The monoisotopic (exact) mass is 206 g/mol. The molecule has 0 spiro atoms. The van der Waals surface area contributed by atoms with Crippen LogP contribution in [-0.4, -0.2) is 12.4 Å². The third-order valence-electron chi connectivity index (χ3n) is 3.03. The van der Waals surface area contributed by atoms with Gasteiger partial charge in [0.25, 0.3) is 0 Å². The number of ketones is 1. The second-order valence-corrected chi connectivity index (χ2v) is 4.81. The van der Waals surface area contributed by atoms with Gasteiger partial charge in [0, 0.05) is 17.9 Å². The maximum atomic E-state index is 11.7. The lowest BCUT2D eigenvalue weighted by Gasteiger charge is -2.23. The Kier molecular flexibility index (Phi) is 2.94. The molecule has 0 saturated carbocycles. The van der Waals surface area contributed by atoms with Crippen LogP contribution in [0.3, 0.4) is 0 Å². The lowest BCUT2D eigenvalue weighted by Crippen LogP contribution is -2.20. The molecule has 0 N–H and O–H groups in total. The second-order valence-electron chi connectivity index (χ2n) is 4.81. The molecule has 0 aromatic heterocycles. The average Bonchev–Trinajstić information content (AvgIpc) is 2.54. The van der Waals surface area contributed by atoms with Crippen molar-refractivity contribution in [2.24, 2.45) is 17.8 Å². The van der Waals surface area contributed by atoms with Crippen LogP contribution in [0.1, 0.15) is 26.7 Å². The van der Waals surface area contributed by atoms with Crippen molar-refractivity contribution >= 4 is 5.78 Å². The minimum Gasteiger partial charge on any atom is -0.497 e. The van der Waals surface area contributed by atoms with Crippen molar-refractivity contribution in [3.05, 3.63) is 24.0 Å². The molecule has 2 atom stereocenters. The number of carbonyl (C=O) groups is 1. The number of ether oxygens (including phenoxy) is 1. The second kappa shape index (κ2) is 4.21. The van der Waals surface area contributed by atoms with Crippen molar-refractivity contribution in [1.29, 1.82) is 0 Å². The van der Waals surface area contributed by atoms with Crippen molar-refractivity contribution in [2.45, 2.75) is 26.7 Å². The van der Waals surface area contributed by atoms with Gasteiger partial charge in [-0.1, -0.05) is 26.0 Å². The summed E-state index contributed by atoms with van der Waals surface area (Å²) >= 11 is 0. The van der Waals surface area contributed by atoms with E-state index in [4.69, 9.17) is 4.74 Å². The smallest absolute Gasteiger partial charge is 0.163 e. The minimum atomic E-state index is 0.164. The highest BCUT2D eigenvalue weighted by molar-refractivity contribution is 5.95. The fraction of sp³-hybridized carbons (Fsp3) is 0.615. The Morgan fingerprint density at radius 3 is 2.67 bits per heavy atom. The zero-order chi connectivity index (χ0) is 10.8. The molecule has 2 nitrogen and oxygen atoms in total. The summed E-state index contributed by atoms with van der Waals surface area (Å²) in [5, 5.41) is 0. The maximum absolute atomic E-state index is 11.7. The zero-order valence-corrected chi connectivity index (χ0v) is 9.40. The van der Waals surface area contributed by atoms with Crippen LogP contribution in [0.2, 0.25) is 0 Å². The van der Waals surface area contributed by atoms with Crippen molar-refractivity contribution in [2.75, 3.05) is 6.61 Å². The highest BCUT2D eigenvalue weighted by atomic mass is 16.5. The maximum Gasteiger partial charge on any atom is 0.163 e. The molecule has 0 bridgehead atoms. The summed E-state index contributed by atoms with van der Waals surface area (Å²) in [7, 11) is 0. The quantitative estimate of drug-likeness (QED) is 0.664. The van der Waals surface area contributed by atoms with E-state index in [2.05, 4.69) is 26.0 Å². The molecule has 0 amide bonds. The number of fused-ring (bicyclic) bond motifs is 1. The molecule has 0 aromatic rings. The Bertz CT molecular complexity index is 312. The average molecular weight is 206 g/mol. The van der Waals surface area contributed by atoms with Gasteiger partial charge in [0.1, 0.15) is 5.76 Å². The van der Waals surface area contributed by atoms with Gasteiger partial charge in [-0.3, -0.25) is 4.79 Å². The summed E-state index contributed by atoms with van der Waals surface area (Å²) in [4.78, 5) is 11.7. The molecule has 0 heterocycles. The van der Waals surface area contributed by atoms with E-state index in [1.165, 1.54) is 0 Å². The Balaban J connectivity index is 2.02.